The summed E-state index contributed by atoms with van der Waals surface area (Å²) in [6.07, 6.45) is 5.04. The first-order valence-corrected chi connectivity index (χ1v) is 21.2. The summed E-state index contributed by atoms with van der Waals surface area (Å²) < 4.78 is 24.0. The number of phenolic OH excluding ortho intramolecular Hbond substituents is 2. The largest absolute Gasteiger partial charge is 0.507 e. The number of methoxy groups -OCH3 is 1. The first-order chi connectivity index (χ1) is 28.6. The lowest BCUT2D eigenvalue weighted by molar-refractivity contribution is -0.160. The summed E-state index contributed by atoms with van der Waals surface area (Å²) in [5.74, 6) is -6.44. The third kappa shape index (κ3) is 8.54. The number of allylic oxidation sites excluding steroid dienone is 2. The third-order valence-electron chi connectivity index (χ3n) is 12.9. The number of aliphatic hydroxyl groups excluding tert-OH is 2. The van der Waals surface area contributed by atoms with Gasteiger partial charge in [0.05, 0.1) is 40.9 Å². The highest BCUT2D eigenvalue weighted by molar-refractivity contribution is 6.19. The number of likely N-dealkylation sites (tertiary alicyclic amines) is 1. The van der Waals surface area contributed by atoms with Gasteiger partial charge in [0.1, 0.15) is 28.6 Å². The molecule has 9 atom stereocenters. The van der Waals surface area contributed by atoms with Crippen molar-refractivity contribution in [1.29, 1.82) is 0 Å². The van der Waals surface area contributed by atoms with Gasteiger partial charge in [0.2, 0.25) is 0 Å². The van der Waals surface area contributed by atoms with Crippen molar-refractivity contribution in [3.8, 4) is 17.2 Å². The second-order valence-electron chi connectivity index (χ2n) is 18.0. The van der Waals surface area contributed by atoms with Crippen LogP contribution in [-0.4, -0.2) is 106 Å². The number of hydrogen-bond donors (Lipinski definition) is 5. The summed E-state index contributed by atoms with van der Waals surface area (Å²) in [6, 6.07) is 0. The second-order valence-corrected chi connectivity index (χ2v) is 18.0. The highest BCUT2D eigenvalue weighted by Gasteiger charge is 2.50. The number of piperidine rings is 1. The normalized spacial score (nSPS) is 31.6. The Balaban J connectivity index is 1.54. The zero-order valence-corrected chi connectivity index (χ0v) is 37.1. The number of fused-ring (bicyclic) bond motifs is 1. The molecule has 5 N–H and O–H groups in total. The number of hydrogen-bond acceptors (Lipinski definition) is 14. The number of nitrogens with zero attached hydrogens (tertiary/aromatic N) is 3. The van der Waals surface area contributed by atoms with E-state index in [4.69, 9.17) is 28.9 Å². The van der Waals surface area contributed by atoms with Crippen LogP contribution in [0.5, 0.6) is 17.2 Å². The molecule has 4 heterocycles. The molecule has 1 amide bonds. The van der Waals surface area contributed by atoms with Gasteiger partial charge >= 0.3 is 11.8 Å². The van der Waals surface area contributed by atoms with Crippen molar-refractivity contribution in [1.82, 2.24) is 4.90 Å². The number of amides is 1. The van der Waals surface area contributed by atoms with Gasteiger partial charge in [-0.15, -0.1) is 0 Å². The van der Waals surface area contributed by atoms with Crippen LogP contribution in [0, 0.1) is 36.5 Å². The Bertz CT molecular complexity index is 2300. The number of anilines is 1. The number of carbonyl (C=O) groups excluding carboxylic acids is 3. The van der Waals surface area contributed by atoms with Gasteiger partial charge in [-0.25, -0.2) is 0 Å². The fourth-order valence-corrected chi connectivity index (χ4v) is 9.20. The molecule has 2 aromatic carbocycles. The maximum Gasteiger partial charge on any atom is 0.312 e. The van der Waals surface area contributed by atoms with E-state index in [1.807, 2.05) is 0 Å². The van der Waals surface area contributed by atoms with Crippen LogP contribution in [0.15, 0.2) is 46.1 Å². The van der Waals surface area contributed by atoms with E-state index in [1.165, 1.54) is 27.2 Å². The molecule has 332 valence electrons. The number of aromatic hydroxyl groups is 2. The first kappa shape index (κ1) is 45.7. The van der Waals surface area contributed by atoms with E-state index in [-0.39, 0.29) is 55.4 Å². The van der Waals surface area contributed by atoms with Gasteiger partial charge < -0.3 is 49.6 Å². The molecule has 6 rings (SSSR count). The minimum atomic E-state index is -1.96. The van der Waals surface area contributed by atoms with E-state index in [2.05, 4.69) is 24.1 Å². The van der Waals surface area contributed by atoms with Crippen molar-refractivity contribution in [2.24, 2.45) is 39.6 Å². The predicted octanol–water partition coefficient (Wildman–Crippen LogP) is 4.75. The van der Waals surface area contributed by atoms with E-state index in [0.717, 1.165) is 6.54 Å². The molecular weight excluding hydrogens is 785 g/mol. The lowest BCUT2D eigenvalue weighted by Gasteiger charge is -2.38. The highest BCUT2D eigenvalue weighted by atomic mass is 16.7. The van der Waals surface area contributed by atoms with Crippen LogP contribution < -0.4 is 20.8 Å². The van der Waals surface area contributed by atoms with Crippen molar-refractivity contribution in [2.75, 3.05) is 32.1 Å². The highest BCUT2D eigenvalue weighted by Crippen LogP contribution is 2.50. The average molecular weight is 847 g/mol. The number of phenols is 2. The number of aliphatic hydroxyl groups is 2. The molecule has 0 saturated carbocycles. The Morgan fingerprint density at radius 3 is 2.25 bits per heavy atom. The Morgan fingerprint density at radius 2 is 1.62 bits per heavy atom. The number of ether oxygens (including phenoxy) is 4. The Hall–Kier alpha value is -4.83. The standard InChI is InChI=1S/C46H62N4O11/c1-22(2)21-50-18-16-46(17-19-50)48-34-31-32-39(54)28(8)42-33(31)43(56)45(10,61-42)59-20-15-30(58-11)25(5)41(60-29(9)51)27(7)38(53)26(6)37(52)23(3)13-12-14-24(4)44(57)47-36(40(32)55)35(34)49-46/h12-15,20,22-23,25-27,30,37-38,41,52-55H,16-19,21H2,1-11H3,(H,47,57)/b13-12?,20-15?,24-14-/t23-,25+,26+,27+,30-,37-,38+,41+,45-/m0/s1. The summed E-state index contributed by atoms with van der Waals surface area (Å²) >= 11 is 0. The van der Waals surface area contributed by atoms with E-state index in [9.17, 15) is 34.8 Å². The molecule has 0 aliphatic carbocycles. The predicted molar refractivity (Wildman–Crippen MR) is 228 cm³/mol. The van der Waals surface area contributed by atoms with Crippen molar-refractivity contribution in [3.63, 3.8) is 0 Å². The first-order valence-electron chi connectivity index (χ1n) is 21.2. The number of esters is 1. The summed E-state index contributed by atoms with van der Waals surface area (Å²) in [6.45, 7) is 19.5. The quantitative estimate of drug-likeness (QED) is 0.209. The van der Waals surface area contributed by atoms with Crippen LogP contribution in [0.1, 0.15) is 91.1 Å². The lowest BCUT2D eigenvalue weighted by Crippen LogP contribution is -2.46. The summed E-state index contributed by atoms with van der Waals surface area (Å²) in [7, 11) is 1.47. The second kappa shape index (κ2) is 17.5. The van der Waals surface area contributed by atoms with Crippen LogP contribution in [-0.2, 0) is 23.8 Å². The molecule has 1 saturated heterocycles. The molecule has 4 aliphatic heterocycles. The maximum atomic E-state index is 14.7. The van der Waals surface area contributed by atoms with E-state index < -0.39 is 82.9 Å². The van der Waals surface area contributed by atoms with Crippen LogP contribution in [0.2, 0.25) is 0 Å². The Labute approximate surface area is 356 Å². The number of Topliss-reactive ketones (excluding diaryl/α,β-unsaturated/α-hetero) is 1. The number of ketones is 1. The van der Waals surface area contributed by atoms with Gasteiger partial charge in [0.25, 0.3) is 11.7 Å². The number of nitrogens with one attached hydrogen (secondary N) is 1. The van der Waals surface area contributed by atoms with E-state index in [0.29, 0.717) is 31.8 Å². The zero-order valence-electron chi connectivity index (χ0n) is 37.1. The van der Waals surface area contributed by atoms with Crippen LogP contribution in [0.4, 0.5) is 5.69 Å². The minimum Gasteiger partial charge on any atom is -0.507 e. The number of benzene rings is 2. The number of carbonyl (C=O) groups is 3. The van der Waals surface area contributed by atoms with Gasteiger partial charge in [0, 0.05) is 93.6 Å². The fourth-order valence-electron chi connectivity index (χ4n) is 9.20. The molecule has 4 aliphatic rings. The maximum absolute atomic E-state index is 14.7. The smallest absolute Gasteiger partial charge is 0.312 e. The van der Waals surface area contributed by atoms with Crippen LogP contribution in [0.3, 0.4) is 0 Å². The molecule has 1 fully saturated rings. The molecule has 15 nitrogen and oxygen atoms in total. The van der Waals surface area contributed by atoms with Gasteiger partial charge in [-0.2, -0.15) is 0 Å². The molecule has 61 heavy (non-hydrogen) atoms. The Kier molecular flexibility index (Phi) is 13.1. The molecule has 2 aromatic rings. The van der Waals surface area contributed by atoms with Gasteiger partial charge in [-0.3, -0.25) is 24.4 Å². The summed E-state index contributed by atoms with van der Waals surface area (Å²) in [4.78, 5) is 53.7. The summed E-state index contributed by atoms with van der Waals surface area (Å²) in [5, 5.41) is 50.2. The molecule has 0 unspecified atom stereocenters. The minimum absolute atomic E-state index is 0.0364. The molecule has 15 heteroatoms. The van der Waals surface area contributed by atoms with Crippen LogP contribution >= 0.6 is 0 Å². The van der Waals surface area contributed by atoms with Crippen LogP contribution in [0.25, 0.3) is 10.8 Å². The van der Waals surface area contributed by atoms with Crippen molar-refractivity contribution < 1.29 is 53.8 Å². The lowest BCUT2D eigenvalue weighted by atomic mass is 9.78. The van der Waals surface area contributed by atoms with Crippen molar-refractivity contribution in [3.05, 3.63) is 58.0 Å². The molecule has 0 radical (unpaired) electrons. The number of rotatable bonds is 4. The third-order valence-corrected chi connectivity index (χ3v) is 12.9. The van der Waals surface area contributed by atoms with Crippen molar-refractivity contribution in [2.45, 2.75) is 118 Å². The fraction of sp³-hybridized carbons (Fsp3) is 0.587. The van der Waals surface area contributed by atoms with Gasteiger partial charge in [-0.05, 0) is 25.8 Å². The Morgan fingerprint density at radius 1 is 0.967 bits per heavy atom. The zero-order chi connectivity index (χ0) is 44.9. The van der Waals surface area contributed by atoms with E-state index in [1.54, 1.807) is 65.8 Å². The molecular formula is C46H62N4O11. The van der Waals surface area contributed by atoms with Gasteiger partial charge in [-0.1, -0.05) is 59.8 Å². The SMILES string of the molecule is CO[C@H]1C=CO[C@@]2(C)Oc3c(C)c(O)c4c(O)c(c5c(c4c3C2=O)=NC2(CCN(CC(C)C)CC2)N=5)NC(=O)/C(C)=C\C=C[C@H](C)[C@H](O)[C@@H](C)[C@@H](O)[C@@H](C)[C@H](OC(C)=O)[C@@H]1C. The summed E-state index contributed by atoms with van der Waals surface area (Å²) in [5.41, 5.74) is -0.572. The monoisotopic (exact) mass is 846 g/mol. The van der Waals surface area contributed by atoms with Gasteiger partial charge in [0.15, 0.2) is 11.4 Å². The average Bonchev–Trinajstić information content (AvgIpc) is 3.71. The molecule has 0 aromatic heterocycles. The van der Waals surface area contributed by atoms with Crippen molar-refractivity contribution >= 4 is 34.1 Å². The molecule has 1 spiro atoms. The molecule has 4 bridgehead atoms. The van der Waals surface area contributed by atoms with E-state index >= 15 is 0 Å². The topological polar surface area (TPSA) is 209 Å².